The Kier molecular flexibility index (Phi) is 5.38. The molecule has 0 aliphatic carbocycles. The van der Waals surface area contributed by atoms with Crippen molar-refractivity contribution in [3.05, 3.63) is 35.6 Å². The molecule has 0 radical (unpaired) electrons. The van der Waals surface area contributed by atoms with Crippen LogP contribution < -0.4 is 11.1 Å². The van der Waals surface area contributed by atoms with Gasteiger partial charge in [-0.2, -0.15) is 0 Å². The Hall–Kier alpha value is -1.66. The van der Waals surface area contributed by atoms with Gasteiger partial charge in [-0.05, 0) is 17.7 Å². The van der Waals surface area contributed by atoms with Crippen LogP contribution in [0.15, 0.2) is 24.3 Å². The third-order valence-electron chi connectivity index (χ3n) is 2.12. The van der Waals surface area contributed by atoms with Crippen LogP contribution in [0, 0.1) is 5.82 Å². The summed E-state index contributed by atoms with van der Waals surface area (Å²) >= 11 is 0. The average molecular weight is 242 g/mol. The second-order valence-corrected chi connectivity index (χ2v) is 3.44. The molecule has 1 atom stereocenters. The minimum Gasteiger partial charge on any atom is -0.448 e. The lowest BCUT2D eigenvalue weighted by atomic mass is 10.1. The molecule has 1 aromatic carbocycles. The highest BCUT2D eigenvalue weighted by molar-refractivity contribution is 5.64. The molecule has 0 fully saturated rings. The summed E-state index contributed by atoms with van der Waals surface area (Å²) in [5, 5.41) is 12.6. The first-order chi connectivity index (χ1) is 8.09. The molecule has 0 aliphatic rings. The summed E-state index contributed by atoms with van der Waals surface area (Å²) in [5.74, 6) is -0.344. The Morgan fingerprint density at radius 2 is 2.12 bits per heavy atom. The third-order valence-corrected chi connectivity index (χ3v) is 2.12. The standard InChI is InChI=1S/C11H15FN2O3/c12-9-3-1-8(2-4-9)10(15)7-14-5-6-17-11(13)16/h1-4,10,14-15H,5-7H2,(H2,13,16). The number of benzene rings is 1. The molecule has 5 nitrogen and oxygen atoms in total. The number of halogens is 1. The molecule has 0 bridgehead atoms. The summed E-state index contributed by atoms with van der Waals surface area (Å²) in [6, 6.07) is 5.60. The van der Waals surface area contributed by atoms with Crippen molar-refractivity contribution in [3.63, 3.8) is 0 Å². The number of nitrogens with one attached hydrogen (secondary N) is 1. The van der Waals surface area contributed by atoms with Crippen molar-refractivity contribution >= 4 is 6.09 Å². The molecule has 4 N–H and O–H groups in total. The topological polar surface area (TPSA) is 84.6 Å². The molecule has 1 unspecified atom stereocenters. The lowest BCUT2D eigenvalue weighted by Crippen LogP contribution is -2.27. The largest absolute Gasteiger partial charge is 0.448 e. The van der Waals surface area contributed by atoms with E-state index in [2.05, 4.69) is 10.1 Å². The number of primary amides is 1. The maximum atomic E-state index is 12.6. The number of carbonyl (C=O) groups is 1. The molecular weight excluding hydrogens is 227 g/mol. The van der Waals surface area contributed by atoms with E-state index in [1.54, 1.807) is 0 Å². The quantitative estimate of drug-likeness (QED) is 0.636. The number of amides is 1. The number of rotatable bonds is 6. The fourth-order valence-corrected chi connectivity index (χ4v) is 1.27. The van der Waals surface area contributed by atoms with Gasteiger partial charge in [-0.25, -0.2) is 9.18 Å². The maximum Gasteiger partial charge on any atom is 0.404 e. The highest BCUT2D eigenvalue weighted by Crippen LogP contribution is 2.11. The fourth-order valence-electron chi connectivity index (χ4n) is 1.27. The molecule has 17 heavy (non-hydrogen) atoms. The minimum absolute atomic E-state index is 0.144. The molecular formula is C11H15FN2O3. The van der Waals surface area contributed by atoms with E-state index in [0.717, 1.165) is 0 Å². The first kappa shape index (κ1) is 13.4. The van der Waals surface area contributed by atoms with Crippen molar-refractivity contribution in [2.24, 2.45) is 5.73 Å². The normalized spacial score (nSPS) is 12.1. The summed E-state index contributed by atoms with van der Waals surface area (Å²) < 4.78 is 17.1. The summed E-state index contributed by atoms with van der Waals surface area (Å²) in [4.78, 5) is 10.2. The van der Waals surface area contributed by atoms with E-state index in [9.17, 15) is 14.3 Å². The van der Waals surface area contributed by atoms with Crippen LogP contribution in [-0.4, -0.2) is 30.9 Å². The Morgan fingerprint density at radius 3 is 2.71 bits per heavy atom. The zero-order valence-corrected chi connectivity index (χ0v) is 9.23. The van der Waals surface area contributed by atoms with Gasteiger partial charge in [-0.15, -0.1) is 0 Å². The van der Waals surface area contributed by atoms with Crippen molar-refractivity contribution in [2.45, 2.75) is 6.10 Å². The molecule has 0 heterocycles. The fraction of sp³-hybridized carbons (Fsp3) is 0.364. The van der Waals surface area contributed by atoms with Crippen LogP contribution in [0.3, 0.4) is 0 Å². The van der Waals surface area contributed by atoms with Crippen LogP contribution in [0.4, 0.5) is 9.18 Å². The van der Waals surface area contributed by atoms with Gasteiger partial charge in [0.25, 0.3) is 0 Å². The smallest absolute Gasteiger partial charge is 0.404 e. The number of carbonyl (C=O) groups excluding carboxylic acids is 1. The van der Waals surface area contributed by atoms with Gasteiger partial charge in [0.1, 0.15) is 12.4 Å². The maximum absolute atomic E-state index is 12.6. The molecule has 0 aromatic heterocycles. The van der Waals surface area contributed by atoms with Crippen LogP contribution in [0.1, 0.15) is 11.7 Å². The zero-order chi connectivity index (χ0) is 12.7. The molecule has 0 saturated carbocycles. The zero-order valence-electron chi connectivity index (χ0n) is 9.23. The lowest BCUT2D eigenvalue weighted by molar-refractivity contribution is 0.149. The van der Waals surface area contributed by atoms with Gasteiger partial charge in [-0.1, -0.05) is 12.1 Å². The van der Waals surface area contributed by atoms with E-state index in [1.807, 2.05) is 0 Å². The second kappa shape index (κ2) is 6.82. The van der Waals surface area contributed by atoms with Crippen LogP contribution in [0.2, 0.25) is 0 Å². The van der Waals surface area contributed by atoms with Gasteiger partial charge in [0, 0.05) is 13.1 Å². The molecule has 1 rings (SSSR count). The van der Waals surface area contributed by atoms with Crippen molar-refractivity contribution in [3.8, 4) is 0 Å². The van der Waals surface area contributed by atoms with Crippen LogP contribution >= 0.6 is 0 Å². The lowest BCUT2D eigenvalue weighted by Gasteiger charge is -2.12. The van der Waals surface area contributed by atoms with Crippen LogP contribution in [0.25, 0.3) is 0 Å². The number of aliphatic hydroxyl groups excluding tert-OH is 1. The molecule has 1 aromatic rings. The van der Waals surface area contributed by atoms with E-state index in [4.69, 9.17) is 5.73 Å². The van der Waals surface area contributed by atoms with Gasteiger partial charge >= 0.3 is 6.09 Å². The highest BCUT2D eigenvalue weighted by Gasteiger charge is 2.06. The first-order valence-corrected chi connectivity index (χ1v) is 5.16. The Morgan fingerprint density at radius 1 is 1.47 bits per heavy atom. The number of aliphatic hydroxyl groups is 1. The summed E-state index contributed by atoms with van der Waals surface area (Å²) in [5.41, 5.74) is 5.39. The molecule has 0 aliphatic heterocycles. The van der Waals surface area contributed by atoms with Crippen LogP contribution in [0.5, 0.6) is 0 Å². The Balaban J connectivity index is 2.23. The predicted molar refractivity (Wildman–Crippen MR) is 59.8 cm³/mol. The van der Waals surface area contributed by atoms with E-state index in [0.29, 0.717) is 12.1 Å². The summed E-state index contributed by atoms with van der Waals surface area (Å²) in [6.07, 6.45) is -1.56. The van der Waals surface area contributed by atoms with E-state index in [-0.39, 0.29) is 19.0 Å². The number of ether oxygens (including phenoxy) is 1. The van der Waals surface area contributed by atoms with Crippen molar-refractivity contribution < 1.29 is 19.0 Å². The van der Waals surface area contributed by atoms with Crippen molar-refractivity contribution in [1.29, 1.82) is 0 Å². The molecule has 1 amide bonds. The molecule has 6 heteroatoms. The van der Waals surface area contributed by atoms with Crippen LogP contribution in [-0.2, 0) is 4.74 Å². The molecule has 94 valence electrons. The molecule has 0 spiro atoms. The monoisotopic (exact) mass is 242 g/mol. The molecule has 0 saturated heterocycles. The van der Waals surface area contributed by atoms with E-state index < -0.39 is 12.2 Å². The van der Waals surface area contributed by atoms with Crippen molar-refractivity contribution in [1.82, 2.24) is 5.32 Å². The third kappa shape index (κ3) is 5.28. The van der Waals surface area contributed by atoms with Gasteiger partial charge in [-0.3, -0.25) is 0 Å². The predicted octanol–water partition coefficient (Wildman–Crippen LogP) is 0.544. The van der Waals surface area contributed by atoms with Gasteiger partial charge in [0.05, 0.1) is 6.10 Å². The van der Waals surface area contributed by atoms with E-state index >= 15 is 0 Å². The highest BCUT2D eigenvalue weighted by atomic mass is 19.1. The Bertz CT molecular complexity index is 356. The first-order valence-electron chi connectivity index (χ1n) is 5.16. The van der Waals surface area contributed by atoms with Crippen molar-refractivity contribution in [2.75, 3.05) is 19.7 Å². The summed E-state index contributed by atoms with van der Waals surface area (Å²) in [7, 11) is 0. The van der Waals surface area contributed by atoms with E-state index in [1.165, 1.54) is 24.3 Å². The number of hydrogen-bond acceptors (Lipinski definition) is 4. The second-order valence-electron chi connectivity index (χ2n) is 3.44. The number of hydrogen-bond donors (Lipinski definition) is 3. The van der Waals surface area contributed by atoms with Gasteiger partial charge in [0.15, 0.2) is 0 Å². The average Bonchev–Trinajstić information content (AvgIpc) is 2.29. The minimum atomic E-state index is -0.828. The van der Waals surface area contributed by atoms with Gasteiger partial charge in [0.2, 0.25) is 0 Å². The SMILES string of the molecule is NC(=O)OCCNCC(O)c1ccc(F)cc1. The van der Waals surface area contributed by atoms with Gasteiger partial charge < -0.3 is 20.9 Å². The summed E-state index contributed by atoms with van der Waals surface area (Å²) in [6.45, 7) is 0.820. The Labute approximate surface area is 98.4 Å². The number of nitrogens with two attached hydrogens (primary N) is 1.